The largest absolute Gasteiger partial charge is 0.352 e. The van der Waals surface area contributed by atoms with E-state index in [1.807, 2.05) is 86.6 Å². The Bertz CT molecular complexity index is 1400. The number of nitrogens with zero attached hydrogens (tertiary/aromatic N) is 2. The Hall–Kier alpha value is -3.65. The van der Waals surface area contributed by atoms with Crippen LogP contribution < -0.4 is 9.62 Å². The molecule has 0 aromatic heterocycles. The van der Waals surface area contributed by atoms with Crippen molar-refractivity contribution in [3.8, 4) is 0 Å². The summed E-state index contributed by atoms with van der Waals surface area (Å²) in [5.74, 6) is -0.590. The van der Waals surface area contributed by atoms with Gasteiger partial charge in [0.1, 0.15) is 12.6 Å². The van der Waals surface area contributed by atoms with Crippen molar-refractivity contribution in [3.05, 3.63) is 102 Å². The number of carbonyl (C=O) groups is 2. The van der Waals surface area contributed by atoms with Crippen LogP contribution in [0.1, 0.15) is 62.1 Å². The lowest BCUT2D eigenvalue weighted by Crippen LogP contribution is -2.54. The van der Waals surface area contributed by atoms with Gasteiger partial charge in [-0.1, -0.05) is 106 Å². The van der Waals surface area contributed by atoms with Crippen LogP contribution in [0.25, 0.3) is 0 Å². The van der Waals surface area contributed by atoms with Gasteiger partial charge in [-0.15, -0.1) is 0 Å². The molecule has 3 aromatic carbocycles. The Kier molecular flexibility index (Phi) is 10.2. The molecule has 0 unspecified atom stereocenters. The number of carbonyl (C=O) groups excluding carboxylic acids is 2. The van der Waals surface area contributed by atoms with Gasteiger partial charge in [0, 0.05) is 19.0 Å². The van der Waals surface area contributed by atoms with Gasteiger partial charge in [-0.05, 0) is 41.5 Å². The first-order valence-electron chi connectivity index (χ1n) is 14.4. The minimum Gasteiger partial charge on any atom is -0.352 e. The molecule has 3 aromatic rings. The average Bonchev–Trinajstić information content (AvgIpc) is 3.47. The van der Waals surface area contributed by atoms with Crippen molar-refractivity contribution in [2.24, 2.45) is 0 Å². The highest BCUT2D eigenvalue weighted by atomic mass is 32.2. The molecule has 41 heavy (non-hydrogen) atoms. The van der Waals surface area contributed by atoms with Crippen LogP contribution in [0.2, 0.25) is 0 Å². The first-order valence-corrected chi connectivity index (χ1v) is 16.2. The standard InChI is InChI=1S/C33H41N3O4S/c1-25(2)29-20-12-13-21-30(29)36(41(3,39)40)24-32(37)35(23-27-16-8-5-9-17-27)31(22-26-14-6-4-7-15-26)33(38)34-28-18-10-11-19-28/h4-9,12-17,20-21,25,28,31H,10-11,18-19,22-24H2,1-3H3,(H,34,38)/t31-/m1/s1. The van der Waals surface area contributed by atoms with E-state index in [2.05, 4.69) is 5.32 Å². The van der Waals surface area contributed by atoms with Crippen LogP contribution in [0, 0.1) is 0 Å². The summed E-state index contributed by atoms with van der Waals surface area (Å²) in [4.78, 5) is 29.7. The van der Waals surface area contributed by atoms with Gasteiger partial charge in [0.25, 0.3) is 0 Å². The number of para-hydroxylation sites is 1. The summed E-state index contributed by atoms with van der Waals surface area (Å²) in [5.41, 5.74) is 3.10. The number of amides is 2. The molecule has 218 valence electrons. The van der Waals surface area contributed by atoms with E-state index in [1.54, 1.807) is 17.0 Å². The summed E-state index contributed by atoms with van der Waals surface area (Å²) in [6.07, 6.45) is 5.42. The lowest BCUT2D eigenvalue weighted by atomic mass is 10.0. The van der Waals surface area contributed by atoms with E-state index in [1.165, 1.54) is 4.31 Å². The Balaban J connectivity index is 1.73. The molecule has 1 fully saturated rings. The van der Waals surface area contributed by atoms with Gasteiger partial charge in [-0.25, -0.2) is 8.42 Å². The maximum Gasteiger partial charge on any atom is 0.244 e. The van der Waals surface area contributed by atoms with Crippen molar-refractivity contribution >= 4 is 27.5 Å². The van der Waals surface area contributed by atoms with E-state index >= 15 is 0 Å². The second-order valence-electron chi connectivity index (χ2n) is 11.2. The Morgan fingerprint density at radius 1 is 0.854 bits per heavy atom. The van der Waals surface area contributed by atoms with Crippen LogP contribution >= 0.6 is 0 Å². The van der Waals surface area contributed by atoms with Crippen molar-refractivity contribution in [3.63, 3.8) is 0 Å². The molecule has 1 saturated carbocycles. The van der Waals surface area contributed by atoms with E-state index in [4.69, 9.17) is 0 Å². The average molecular weight is 576 g/mol. The summed E-state index contributed by atoms with van der Waals surface area (Å²) in [6, 6.07) is 25.7. The number of hydrogen-bond acceptors (Lipinski definition) is 4. The molecule has 0 bridgehead atoms. The number of nitrogens with one attached hydrogen (secondary N) is 1. The summed E-state index contributed by atoms with van der Waals surface area (Å²) in [5, 5.41) is 3.19. The smallest absolute Gasteiger partial charge is 0.244 e. The molecule has 0 spiro atoms. The summed E-state index contributed by atoms with van der Waals surface area (Å²) < 4.78 is 27.4. The maximum absolute atomic E-state index is 14.3. The van der Waals surface area contributed by atoms with Crippen molar-refractivity contribution < 1.29 is 18.0 Å². The molecule has 0 saturated heterocycles. The second-order valence-corrected chi connectivity index (χ2v) is 13.1. The molecule has 1 N–H and O–H groups in total. The molecular weight excluding hydrogens is 534 g/mol. The fraction of sp³-hybridized carbons (Fsp3) is 0.394. The lowest BCUT2D eigenvalue weighted by Gasteiger charge is -2.34. The monoisotopic (exact) mass is 575 g/mol. The SMILES string of the molecule is CC(C)c1ccccc1N(CC(=O)N(Cc1ccccc1)[C@H](Cc1ccccc1)C(=O)NC1CCCC1)S(C)(=O)=O. The third kappa shape index (κ3) is 8.19. The highest BCUT2D eigenvalue weighted by Gasteiger charge is 2.34. The van der Waals surface area contributed by atoms with Crippen LogP contribution in [0.5, 0.6) is 0 Å². The highest BCUT2D eigenvalue weighted by Crippen LogP contribution is 2.29. The molecule has 2 amide bonds. The molecular formula is C33H41N3O4S. The fourth-order valence-electron chi connectivity index (χ4n) is 5.50. The molecule has 4 rings (SSSR count). The molecule has 1 aliphatic rings. The van der Waals surface area contributed by atoms with Crippen molar-refractivity contribution in [1.82, 2.24) is 10.2 Å². The van der Waals surface area contributed by atoms with E-state index in [9.17, 15) is 18.0 Å². The lowest BCUT2D eigenvalue weighted by molar-refractivity contribution is -0.140. The molecule has 7 nitrogen and oxygen atoms in total. The van der Waals surface area contributed by atoms with Gasteiger partial charge in [0.2, 0.25) is 21.8 Å². The summed E-state index contributed by atoms with van der Waals surface area (Å²) >= 11 is 0. The minimum atomic E-state index is -3.81. The first kappa shape index (κ1) is 30.3. The molecule has 0 aliphatic heterocycles. The number of hydrogen-bond donors (Lipinski definition) is 1. The van der Waals surface area contributed by atoms with Crippen molar-refractivity contribution in [1.29, 1.82) is 0 Å². The summed E-state index contributed by atoms with van der Waals surface area (Å²) in [6.45, 7) is 3.76. The van der Waals surface area contributed by atoms with Gasteiger partial charge in [-0.2, -0.15) is 0 Å². The highest BCUT2D eigenvalue weighted by molar-refractivity contribution is 7.92. The van der Waals surface area contributed by atoms with Gasteiger partial charge < -0.3 is 10.2 Å². The summed E-state index contributed by atoms with van der Waals surface area (Å²) in [7, 11) is -3.81. The van der Waals surface area contributed by atoms with Crippen LogP contribution in [0.15, 0.2) is 84.9 Å². The van der Waals surface area contributed by atoms with Gasteiger partial charge >= 0.3 is 0 Å². The normalized spacial score (nSPS) is 14.5. The number of sulfonamides is 1. The molecule has 1 atom stereocenters. The minimum absolute atomic E-state index is 0.0500. The molecule has 0 radical (unpaired) electrons. The predicted molar refractivity (Wildman–Crippen MR) is 164 cm³/mol. The number of rotatable bonds is 12. The van der Waals surface area contributed by atoms with Crippen molar-refractivity contribution in [2.75, 3.05) is 17.1 Å². The zero-order valence-electron chi connectivity index (χ0n) is 24.2. The molecule has 0 heterocycles. The van der Waals surface area contributed by atoms with Crippen LogP contribution in [0.4, 0.5) is 5.69 Å². The van der Waals surface area contributed by atoms with E-state index in [0.717, 1.165) is 48.6 Å². The van der Waals surface area contributed by atoms with E-state index < -0.39 is 28.5 Å². The quantitative estimate of drug-likeness (QED) is 0.319. The Labute approximate surface area is 244 Å². The van der Waals surface area contributed by atoms with E-state index in [0.29, 0.717) is 12.1 Å². The third-order valence-electron chi connectivity index (χ3n) is 7.68. The van der Waals surface area contributed by atoms with Crippen LogP contribution in [-0.4, -0.2) is 50.0 Å². The topological polar surface area (TPSA) is 86.8 Å². The van der Waals surface area contributed by atoms with Gasteiger partial charge in [-0.3, -0.25) is 13.9 Å². The van der Waals surface area contributed by atoms with Gasteiger partial charge in [0.15, 0.2) is 0 Å². The Morgan fingerprint density at radius 3 is 2.00 bits per heavy atom. The third-order valence-corrected chi connectivity index (χ3v) is 8.80. The van der Waals surface area contributed by atoms with Crippen LogP contribution in [0.3, 0.4) is 0 Å². The second kappa shape index (κ2) is 13.8. The zero-order valence-corrected chi connectivity index (χ0v) is 25.0. The first-order chi connectivity index (χ1) is 19.6. The zero-order chi connectivity index (χ0) is 29.4. The fourth-order valence-corrected chi connectivity index (χ4v) is 6.37. The number of anilines is 1. The van der Waals surface area contributed by atoms with Gasteiger partial charge in [0.05, 0.1) is 11.9 Å². The van der Waals surface area contributed by atoms with Crippen LogP contribution in [-0.2, 0) is 32.6 Å². The number of benzene rings is 3. The van der Waals surface area contributed by atoms with E-state index in [-0.39, 0.29) is 24.4 Å². The van der Waals surface area contributed by atoms with Crippen molar-refractivity contribution in [2.45, 2.75) is 70.5 Å². The Morgan fingerprint density at radius 2 is 1.41 bits per heavy atom. The molecule has 1 aliphatic carbocycles. The predicted octanol–water partition coefficient (Wildman–Crippen LogP) is 5.27. The molecule has 8 heteroatoms. The maximum atomic E-state index is 14.3.